The number of nitrogens with zero attached hydrogens (tertiary/aromatic N) is 2. The number of piperazine rings is 1. The Balaban J connectivity index is 1.59. The van der Waals surface area contributed by atoms with E-state index in [9.17, 15) is 14.4 Å². The molecule has 2 atom stereocenters. The van der Waals surface area contributed by atoms with Crippen molar-refractivity contribution < 1.29 is 14.4 Å². The van der Waals surface area contributed by atoms with E-state index in [0.29, 0.717) is 18.7 Å². The van der Waals surface area contributed by atoms with Crippen LogP contribution in [0.2, 0.25) is 0 Å². The van der Waals surface area contributed by atoms with Crippen molar-refractivity contribution in [3.8, 4) is 0 Å². The average molecular weight is 348 g/mol. The van der Waals surface area contributed by atoms with Crippen molar-refractivity contribution in [2.24, 2.45) is 0 Å². The molecule has 1 aromatic rings. The summed E-state index contributed by atoms with van der Waals surface area (Å²) in [6.07, 6.45) is 2.42. The van der Waals surface area contributed by atoms with Crippen LogP contribution in [-0.2, 0) is 9.59 Å². The summed E-state index contributed by atoms with van der Waals surface area (Å²) in [4.78, 5) is 40.4. The van der Waals surface area contributed by atoms with Gasteiger partial charge in [0.25, 0.3) is 0 Å². The molecule has 2 fully saturated rings. The molecule has 0 saturated carbocycles. The quantitative estimate of drug-likeness (QED) is 0.798. The normalized spacial score (nSPS) is 23.2. The van der Waals surface area contributed by atoms with Crippen molar-refractivity contribution >= 4 is 35.3 Å². The summed E-state index contributed by atoms with van der Waals surface area (Å²) in [7, 11) is 1.63. The second kappa shape index (κ2) is 6.72. The minimum Gasteiger partial charge on any atom is -0.335 e. The SMILES string of the molecule is CSc1cccc(NC(=O)N[C@H]2C[C@H]3C(=O)N(C)CC(=O)N3C2)c1. The number of carbonyl (C=O) groups excluding carboxylic acids is 3. The van der Waals surface area contributed by atoms with E-state index in [-0.39, 0.29) is 30.4 Å². The molecule has 128 valence electrons. The number of anilines is 1. The molecule has 0 bridgehead atoms. The summed E-state index contributed by atoms with van der Waals surface area (Å²) >= 11 is 1.60. The van der Waals surface area contributed by atoms with Crippen LogP contribution < -0.4 is 10.6 Å². The van der Waals surface area contributed by atoms with E-state index < -0.39 is 6.04 Å². The topological polar surface area (TPSA) is 81.8 Å². The Morgan fingerprint density at radius 2 is 2.12 bits per heavy atom. The highest BCUT2D eigenvalue weighted by atomic mass is 32.2. The molecule has 2 heterocycles. The van der Waals surface area contributed by atoms with Crippen LogP contribution in [0.15, 0.2) is 29.2 Å². The summed E-state index contributed by atoms with van der Waals surface area (Å²) in [5.74, 6) is -0.133. The lowest BCUT2D eigenvalue weighted by atomic mass is 10.1. The fourth-order valence-electron chi connectivity index (χ4n) is 3.13. The molecule has 2 N–H and O–H groups in total. The molecule has 0 aliphatic carbocycles. The first-order valence-electron chi connectivity index (χ1n) is 7.74. The van der Waals surface area contributed by atoms with Crippen molar-refractivity contribution in [2.75, 3.05) is 31.7 Å². The smallest absolute Gasteiger partial charge is 0.319 e. The van der Waals surface area contributed by atoms with Gasteiger partial charge in [-0.2, -0.15) is 0 Å². The molecule has 0 radical (unpaired) electrons. The first-order chi connectivity index (χ1) is 11.5. The standard InChI is InChI=1S/C16H20N4O3S/c1-19-9-14(21)20-8-11(7-13(20)15(19)22)18-16(23)17-10-4-3-5-12(6-10)24-2/h3-6,11,13H,7-9H2,1-2H3,(H2,17,18,23)/t11-,13-/m0/s1. The second-order valence-electron chi connectivity index (χ2n) is 6.02. The molecule has 1 aromatic carbocycles. The zero-order valence-electron chi connectivity index (χ0n) is 13.6. The molecule has 3 rings (SSSR count). The summed E-state index contributed by atoms with van der Waals surface area (Å²) < 4.78 is 0. The van der Waals surface area contributed by atoms with Gasteiger partial charge in [-0.3, -0.25) is 9.59 Å². The van der Waals surface area contributed by atoms with Gasteiger partial charge in [0.2, 0.25) is 11.8 Å². The first-order valence-corrected chi connectivity index (χ1v) is 8.96. The summed E-state index contributed by atoms with van der Waals surface area (Å²) in [5.41, 5.74) is 0.710. The number of likely N-dealkylation sites (N-methyl/N-ethyl adjacent to an activating group) is 1. The van der Waals surface area contributed by atoms with Crippen LogP contribution >= 0.6 is 11.8 Å². The lowest BCUT2D eigenvalue weighted by Crippen LogP contribution is -2.55. The fraction of sp³-hybridized carbons (Fsp3) is 0.438. The molecule has 2 aliphatic rings. The van der Waals surface area contributed by atoms with Crippen LogP contribution in [0.3, 0.4) is 0 Å². The first kappa shape index (κ1) is 16.6. The molecule has 2 aliphatic heterocycles. The number of thioether (sulfide) groups is 1. The van der Waals surface area contributed by atoms with E-state index in [1.54, 1.807) is 23.7 Å². The number of hydrogen-bond donors (Lipinski definition) is 2. The van der Waals surface area contributed by atoms with E-state index in [1.165, 1.54) is 4.90 Å². The molecule has 8 heteroatoms. The van der Waals surface area contributed by atoms with Gasteiger partial charge in [0.05, 0.1) is 12.6 Å². The van der Waals surface area contributed by atoms with Crippen LogP contribution in [0.5, 0.6) is 0 Å². The molecule has 24 heavy (non-hydrogen) atoms. The van der Waals surface area contributed by atoms with E-state index in [1.807, 2.05) is 30.5 Å². The highest BCUT2D eigenvalue weighted by Crippen LogP contribution is 2.24. The fourth-order valence-corrected chi connectivity index (χ4v) is 3.59. The number of carbonyl (C=O) groups is 3. The predicted molar refractivity (Wildman–Crippen MR) is 91.9 cm³/mol. The summed E-state index contributed by atoms with van der Waals surface area (Å²) in [6, 6.07) is 6.55. The van der Waals surface area contributed by atoms with Gasteiger partial charge in [0, 0.05) is 24.2 Å². The van der Waals surface area contributed by atoms with Crippen molar-refractivity contribution in [2.45, 2.75) is 23.4 Å². The maximum absolute atomic E-state index is 12.2. The van der Waals surface area contributed by atoms with Gasteiger partial charge in [-0.15, -0.1) is 11.8 Å². The van der Waals surface area contributed by atoms with Gasteiger partial charge in [-0.05, 0) is 30.9 Å². The second-order valence-corrected chi connectivity index (χ2v) is 6.90. The molecule has 0 unspecified atom stereocenters. The zero-order valence-corrected chi connectivity index (χ0v) is 14.4. The third-order valence-corrected chi connectivity index (χ3v) is 5.04. The lowest BCUT2D eigenvalue weighted by molar-refractivity contribution is -0.152. The number of benzene rings is 1. The Bertz CT molecular complexity index is 681. The van der Waals surface area contributed by atoms with Crippen molar-refractivity contribution in [3.63, 3.8) is 0 Å². The molecule has 7 nitrogen and oxygen atoms in total. The number of rotatable bonds is 3. The van der Waals surface area contributed by atoms with Crippen LogP contribution in [0, 0.1) is 0 Å². The maximum Gasteiger partial charge on any atom is 0.319 e. The van der Waals surface area contributed by atoms with Gasteiger partial charge in [-0.25, -0.2) is 4.79 Å². The van der Waals surface area contributed by atoms with Crippen LogP contribution in [0.4, 0.5) is 10.5 Å². The highest BCUT2D eigenvalue weighted by Gasteiger charge is 2.44. The Kier molecular flexibility index (Phi) is 4.66. The van der Waals surface area contributed by atoms with E-state index in [4.69, 9.17) is 0 Å². The van der Waals surface area contributed by atoms with Gasteiger partial charge >= 0.3 is 6.03 Å². The Morgan fingerprint density at radius 3 is 2.88 bits per heavy atom. The number of nitrogens with one attached hydrogen (secondary N) is 2. The van der Waals surface area contributed by atoms with E-state index in [2.05, 4.69) is 10.6 Å². The summed E-state index contributed by atoms with van der Waals surface area (Å²) in [5, 5.41) is 5.65. The maximum atomic E-state index is 12.2. The molecule has 0 spiro atoms. The van der Waals surface area contributed by atoms with Gasteiger partial charge in [-0.1, -0.05) is 6.07 Å². The average Bonchev–Trinajstić information content (AvgIpc) is 2.97. The minimum absolute atomic E-state index is 0.0630. The van der Waals surface area contributed by atoms with E-state index in [0.717, 1.165) is 4.90 Å². The minimum atomic E-state index is -0.457. The molecule has 4 amide bonds. The third kappa shape index (κ3) is 3.33. The van der Waals surface area contributed by atoms with Gasteiger partial charge in [0.1, 0.15) is 6.04 Å². The van der Waals surface area contributed by atoms with Gasteiger partial charge < -0.3 is 20.4 Å². The molecule has 0 aromatic heterocycles. The number of urea groups is 1. The number of fused-ring (bicyclic) bond motifs is 1. The Labute approximate surface area is 144 Å². The molecular formula is C16H20N4O3S. The number of hydrogen-bond acceptors (Lipinski definition) is 4. The zero-order chi connectivity index (χ0) is 17.3. The van der Waals surface area contributed by atoms with Gasteiger partial charge in [0.15, 0.2) is 0 Å². The molecular weight excluding hydrogens is 328 g/mol. The van der Waals surface area contributed by atoms with Crippen LogP contribution in [-0.4, -0.2) is 66.1 Å². The van der Waals surface area contributed by atoms with Crippen LogP contribution in [0.1, 0.15) is 6.42 Å². The highest BCUT2D eigenvalue weighted by molar-refractivity contribution is 7.98. The van der Waals surface area contributed by atoms with Crippen LogP contribution in [0.25, 0.3) is 0 Å². The largest absolute Gasteiger partial charge is 0.335 e. The Hall–Kier alpha value is -2.22. The lowest BCUT2D eigenvalue weighted by Gasteiger charge is -2.33. The van der Waals surface area contributed by atoms with Crippen molar-refractivity contribution in [1.29, 1.82) is 0 Å². The van der Waals surface area contributed by atoms with Crippen molar-refractivity contribution in [1.82, 2.24) is 15.1 Å². The summed E-state index contributed by atoms with van der Waals surface area (Å²) in [6.45, 7) is 0.483. The van der Waals surface area contributed by atoms with E-state index >= 15 is 0 Å². The molecule has 2 saturated heterocycles. The monoisotopic (exact) mass is 348 g/mol. The van der Waals surface area contributed by atoms with Crippen molar-refractivity contribution in [3.05, 3.63) is 24.3 Å². The Morgan fingerprint density at radius 1 is 1.33 bits per heavy atom. The third-order valence-electron chi connectivity index (χ3n) is 4.32. The number of amides is 4. The predicted octanol–water partition coefficient (Wildman–Crippen LogP) is 0.971.